The minimum Gasteiger partial charge on any atom is -0.480 e. The van der Waals surface area contributed by atoms with E-state index < -0.39 is 27.8 Å². The molecule has 20 heavy (non-hydrogen) atoms. The molecular formula is C11H16N2O5S2. The number of rotatable bonds is 6. The number of aromatic nitrogens is 1. The summed E-state index contributed by atoms with van der Waals surface area (Å²) < 4.78 is 22.1. The van der Waals surface area contributed by atoms with Crippen LogP contribution in [0.4, 0.5) is 0 Å². The highest BCUT2D eigenvalue weighted by Gasteiger charge is 2.24. The van der Waals surface area contributed by atoms with Crippen molar-refractivity contribution in [3.05, 3.63) is 15.6 Å². The summed E-state index contributed by atoms with van der Waals surface area (Å²) in [5.41, 5.74) is 0.525. The van der Waals surface area contributed by atoms with Gasteiger partial charge in [0.05, 0.1) is 16.5 Å². The van der Waals surface area contributed by atoms with Crippen molar-refractivity contribution in [3.63, 3.8) is 0 Å². The van der Waals surface area contributed by atoms with E-state index in [-0.39, 0.29) is 12.2 Å². The number of hydrogen-bond acceptors (Lipinski definition) is 6. The van der Waals surface area contributed by atoms with E-state index in [1.54, 1.807) is 13.8 Å². The van der Waals surface area contributed by atoms with Gasteiger partial charge in [0.25, 0.3) is 5.91 Å². The second-order valence-electron chi connectivity index (χ2n) is 4.43. The number of aliphatic carboxylic acids is 1. The van der Waals surface area contributed by atoms with Crippen LogP contribution in [-0.4, -0.2) is 48.4 Å². The largest absolute Gasteiger partial charge is 0.480 e. The highest BCUT2D eigenvalue weighted by Crippen LogP contribution is 2.17. The second kappa shape index (κ2) is 6.31. The van der Waals surface area contributed by atoms with Crippen molar-refractivity contribution in [3.8, 4) is 0 Å². The van der Waals surface area contributed by atoms with Gasteiger partial charge in [0.1, 0.15) is 20.8 Å². The molecule has 0 aliphatic rings. The summed E-state index contributed by atoms with van der Waals surface area (Å²) in [6, 6.07) is -1.24. The molecule has 0 saturated carbocycles. The van der Waals surface area contributed by atoms with Crippen molar-refractivity contribution in [2.75, 3.05) is 12.0 Å². The van der Waals surface area contributed by atoms with Gasteiger partial charge in [-0.05, 0) is 20.3 Å². The molecular weight excluding hydrogens is 304 g/mol. The highest BCUT2D eigenvalue weighted by molar-refractivity contribution is 7.90. The first-order valence-corrected chi connectivity index (χ1v) is 8.63. The Kier molecular flexibility index (Phi) is 5.23. The third-order valence-electron chi connectivity index (χ3n) is 2.49. The normalized spacial score (nSPS) is 12.9. The number of carbonyl (C=O) groups excluding carboxylic acids is 1. The summed E-state index contributed by atoms with van der Waals surface area (Å²) in [7, 11) is -3.28. The summed E-state index contributed by atoms with van der Waals surface area (Å²) in [5, 5.41) is 12.0. The maximum Gasteiger partial charge on any atom is 0.326 e. The van der Waals surface area contributed by atoms with E-state index in [1.165, 1.54) is 11.3 Å². The zero-order chi connectivity index (χ0) is 15.5. The zero-order valence-corrected chi connectivity index (χ0v) is 13.0. The van der Waals surface area contributed by atoms with Crippen LogP contribution in [0.25, 0.3) is 0 Å². The van der Waals surface area contributed by atoms with Crippen LogP contribution < -0.4 is 5.32 Å². The molecule has 1 aromatic rings. The van der Waals surface area contributed by atoms with Gasteiger partial charge in [0.15, 0.2) is 0 Å². The molecule has 1 heterocycles. The molecule has 0 aliphatic heterocycles. The monoisotopic (exact) mass is 320 g/mol. The Hall–Kier alpha value is -1.48. The van der Waals surface area contributed by atoms with E-state index in [4.69, 9.17) is 5.11 Å². The Bertz CT molecular complexity index is 621. The molecule has 0 aromatic carbocycles. The molecule has 0 spiro atoms. The molecule has 0 saturated heterocycles. The predicted molar refractivity (Wildman–Crippen MR) is 74.8 cm³/mol. The number of amides is 1. The molecule has 1 aromatic heterocycles. The van der Waals surface area contributed by atoms with Gasteiger partial charge in [-0.1, -0.05) is 0 Å². The zero-order valence-electron chi connectivity index (χ0n) is 11.3. The van der Waals surface area contributed by atoms with E-state index in [9.17, 15) is 18.0 Å². The van der Waals surface area contributed by atoms with E-state index in [0.717, 1.165) is 6.26 Å². The summed E-state index contributed by atoms with van der Waals surface area (Å²) >= 11 is 1.17. The van der Waals surface area contributed by atoms with Gasteiger partial charge in [-0.3, -0.25) is 4.79 Å². The molecule has 1 unspecified atom stereocenters. The number of nitrogens with one attached hydrogen (secondary N) is 1. The van der Waals surface area contributed by atoms with Gasteiger partial charge in [-0.15, -0.1) is 11.3 Å². The van der Waals surface area contributed by atoms with Crippen LogP contribution in [0.2, 0.25) is 0 Å². The Balaban J connectivity index is 2.78. The van der Waals surface area contributed by atoms with Gasteiger partial charge in [-0.25, -0.2) is 18.2 Å². The molecule has 0 fully saturated rings. The third-order valence-corrected chi connectivity index (χ3v) is 4.54. The quantitative estimate of drug-likeness (QED) is 0.783. The first kappa shape index (κ1) is 16.6. The summed E-state index contributed by atoms with van der Waals surface area (Å²) in [4.78, 5) is 27.4. The number of hydrogen-bond donors (Lipinski definition) is 2. The van der Waals surface area contributed by atoms with Crippen molar-refractivity contribution in [2.45, 2.75) is 26.3 Å². The number of aryl methyl sites for hydroxylation is 2. The van der Waals surface area contributed by atoms with E-state index in [1.807, 2.05) is 0 Å². The molecule has 2 N–H and O–H groups in total. The second-order valence-corrected chi connectivity index (χ2v) is 7.89. The lowest BCUT2D eigenvalue weighted by Gasteiger charge is -2.13. The SMILES string of the molecule is Cc1nc(C)c(C(=O)NC(CCS(C)(=O)=O)C(=O)O)s1. The minimum atomic E-state index is -3.28. The smallest absolute Gasteiger partial charge is 0.326 e. The Morgan fingerprint density at radius 1 is 1.40 bits per heavy atom. The average molecular weight is 320 g/mol. The minimum absolute atomic E-state index is 0.170. The Morgan fingerprint density at radius 3 is 2.40 bits per heavy atom. The lowest BCUT2D eigenvalue weighted by atomic mass is 10.2. The fourth-order valence-electron chi connectivity index (χ4n) is 1.56. The van der Waals surface area contributed by atoms with Gasteiger partial charge < -0.3 is 10.4 Å². The molecule has 1 amide bonds. The van der Waals surface area contributed by atoms with Crippen LogP contribution >= 0.6 is 11.3 Å². The number of carboxylic acids is 1. The van der Waals surface area contributed by atoms with E-state index in [0.29, 0.717) is 15.6 Å². The molecule has 7 nitrogen and oxygen atoms in total. The predicted octanol–water partition coefficient (Wildman–Crippen LogP) is 0.378. The van der Waals surface area contributed by atoms with E-state index in [2.05, 4.69) is 10.3 Å². The molecule has 0 aliphatic carbocycles. The molecule has 0 bridgehead atoms. The fraction of sp³-hybridized carbons (Fsp3) is 0.545. The molecule has 1 rings (SSSR count). The molecule has 0 radical (unpaired) electrons. The number of carbonyl (C=O) groups is 2. The topological polar surface area (TPSA) is 113 Å². The number of nitrogens with zero attached hydrogens (tertiary/aromatic N) is 1. The molecule has 1 atom stereocenters. The van der Waals surface area contributed by atoms with Crippen LogP contribution in [0, 0.1) is 13.8 Å². The lowest BCUT2D eigenvalue weighted by molar-refractivity contribution is -0.139. The van der Waals surface area contributed by atoms with Gasteiger partial charge in [-0.2, -0.15) is 0 Å². The Morgan fingerprint density at radius 2 is 2.00 bits per heavy atom. The van der Waals surface area contributed by atoms with Crippen LogP contribution in [0.3, 0.4) is 0 Å². The number of sulfone groups is 1. The van der Waals surface area contributed by atoms with Crippen LogP contribution in [0.15, 0.2) is 0 Å². The van der Waals surface area contributed by atoms with Crippen LogP contribution in [0.5, 0.6) is 0 Å². The summed E-state index contributed by atoms with van der Waals surface area (Å²) in [6.07, 6.45) is 0.848. The highest BCUT2D eigenvalue weighted by atomic mass is 32.2. The maximum absolute atomic E-state index is 12.0. The van der Waals surface area contributed by atoms with Crippen LogP contribution in [0.1, 0.15) is 26.8 Å². The summed E-state index contributed by atoms with van der Waals surface area (Å²) in [6.45, 7) is 3.40. The van der Waals surface area contributed by atoms with Crippen molar-refractivity contribution < 1.29 is 23.1 Å². The lowest BCUT2D eigenvalue weighted by Crippen LogP contribution is -2.41. The van der Waals surface area contributed by atoms with Gasteiger partial charge in [0, 0.05) is 6.26 Å². The van der Waals surface area contributed by atoms with Crippen molar-refractivity contribution >= 4 is 33.1 Å². The van der Waals surface area contributed by atoms with Crippen molar-refractivity contribution in [2.24, 2.45) is 0 Å². The number of carboxylic acid groups (broad SMARTS) is 1. The summed E-state index contributed by atoms with van der Waals surface area (Å²) in [5.74, 6) is -2.11. The van der Waals surface area contributed by atoms with Crippen molar-refractivity contribution in [1.29, 1.82) is 0 Å². The standard InChI is InChI=1S/C11H16N2O5S2/c1-6-9(19-7(2)12-6)10(14)13-8(11(15)16)4-5-20(3,17)18/h8H,4-5H2,1-3H3,(H,13,14)(H,15,16). The third kappa shape index (κ3) is 4.89. The first-order chi connectivity index (χ1) is 9.10. The Labute approximate surface area is 121 Å². The first-order valence-electron chi connectivity index (χ1n) is 5.75. The van der Waals surface area contributed by atoms with Crippen molar-refractivity contribution in [1.82, 2.24) is 10.3 Å². The number of thiazole rings is 1. The molecule has 9 heteroatoms. The van der Waals surface area contributed by atoms with Gasteiger partial charge in [0.2, 0.25) is 0 Å². The average Bonchev–Trinajstić information content (AvgIpc) is 2.61. The van der Waals surface area contributed by atoms with Crippen LogP contribution in [-0.2, 0) is 14.6 Å². The van der Waals surface area contributed by atoms with E-state index >= 15 is 0 Å². The maximum atomic E-state index is 12.0. The van der Waals surface area contributed by atoms with Gasteiger partial charge >= 0.3 is 5.97 Å². The fourth-order valence-corrected chi connectivity index (χ4v) is 3.04. The molecule has 112 valence electrons.